The summed E-state index contributed by atoms with van der Waals surface area (Å²) in [6.45, 7) is 0. The quantitative estimate of drug-likeness (QED) is 0.487. The SMILES string of the molecule is Clc1ccc(C2=NC(c3ccccc3)N=C(c3ccc(Cl)cc3)S2)cc1. The molecule has 0 radical (unpaired) electrons. The first-order valence-corrected chi connectivity index (χ1v) is 9.66. The minimum Gasteiger partial charge on any atom is -0.246 e. The fourth-order valence-corrected chi connectivity index (χ4v) is 3.87. The Balaban J connectivity index is 1.76. The minimum absolute atomic E-state index is 0.270. The van der Waals surface area contributed by atoms with E-state index in [9.17, 15) is 0 Å². The molecule has 0 amide bonds. The van der Waals surface area contributed by atoms with Crippen molar-refractivity contribution < 1.29 is 0 Å². The van der Waals surface area contributed by atoms with Crippen molar-refractivity contribution in [2.45, 2.75) is 6.17 Å². The fraction of sp³-hybridized carbons (Fsp3) is 0.0476. The van der Waals surface area contributed by atoms with Crippen molar-refractivity contribution in [2.75, 3.05) is 0 Å². The van der Waals surface area contributed by atoms with Crippen LogP contribution < -0.4 is 0 Å². The molecular weight excluding hydrogens is 383 g/mol. The van der Waals surface area contributed by atoms with Gasteiger partial charge in [-0.05, 0) is 41.6 Å². The normalized spacial score (nSPS) is 14.7. The lowest BCUT2D eigenvalue weighted by Gasteiger charge is -2.20. The Hall–Kier alpha value is -2.07. The Bertz CT molecular complexity index is 904. The number of hydrogen-bond donors (Lipinski definition) is 0. The van der Waals surface area contributed by atoms with Crippen LogP contribution in [0.5, 0.6) is 0 Å². The maximum absolute atomic E-state index is 6.03. The van der Waals surface area contributed by atoms with Gasteiger partial charge in [-0.25, -0.2) is 9.98 Å². The Morgan fingerprint density at radius 2 is 1.08 bits per heavy atom. The van der Waals surface area contributed by atoms with E-state index in [0.717, 1.165) is 26.8 Å². The molecule has 4 rings (SSSR count). The van der Waals surface area contributed by atoms with Crippen molar-refractivity contribution in [3.63, 3.8) is 0 Å². The summed E-state index contributed by atoms with van der Waals surface area (Å²) in [5.74, 6) is 0. The summed E-state index contributed by atoms with van der Waals surface area (Å²) in [4.78, 5) is 9.74. The van der Waals surface area contributed by atoms with Gasteiger partial charge in [-0.1, -0.05) is 77.8 Å². The van der Waals surface area contributed by atoms with Crippen molar-refractivity contribution in [1.29, 1.82) is 0 Å². The molecule has 3 aromatic carbocycles. The van der Waals surface area contributed by atoms with Crippen molar-refractivity contribution in [2.24, 2.45) is 9.98 Å². The van der Waals surface area contributed by atoms with Gasteiger partial charge in [-0.3, -0.25) is 0 Å². The highest BCUT2D eigenvalue weighted by Gasteiger charge is 2.21. The van der Waals surface area contributed by atoms with E-state index in [1.807, 2.05) is 78.9 Å². The lowest BCUT2D eigenvalue weighted by atomic mass is 10.1. The van der Waals surface area contributed by atoms with Crippen molar-refractivity contribution in [3.05, 3.63) is 106 Å². The molecule has 26 heavy (non-hydrogen) atoms. The predicted molar refractivity (Wildman–Crippen MR) is 113 cm³/mol. The maximum Gasteiger partial charge on any atom is 0.167 e. The molecule has 128 valence electrons. The average Bonchev–Trinajstić information content (AvgIpc) is 2.69. The zero-order valence-corrected chi connectivity index (χ0v) is 16.0. The second-order valence-electron chi connectivity index (χ2n) is 5.77. The molecule has 0 saturated heterocycles. The van der Waals surface area contributed by atoms with Crippen LogP contribution in [0.3, 0.4) is 0 Å². The van der Waals surface area contributed by atoms with Crippen LogP contribution in [0, 0.1) is 0 Å². The van der Waals surface area contributed by atoms with Crippen LogP contribution in [0.1, 0.15) is 22.9 Å². The Morgan fingerprint density at radius 1 is 0.615 bits per heavy atom. The maximum atomic E-state index is 6.03. The number of aliphatic imine (C=N–C) groups is 2. The van der Waals surface area contributed by atoms with Gasteiger partial charge in [0.05, 0.1) is 0 Å². The van der Waals surface area contributed by atoms with E-state index < -0.39 is 0 Å². The minimum atomic E-state index is -0.270. The monoisotopic (exact) mass is 396 g/mol. The summed E-state index contributed by atoms with van der Waals surface area (Å²) in [5, 5.41) is 3.27. The Morgan fingerprint density at radius 3 is 1.54 bits per heavy atom. The molecule has 1 aliphatic rings. The van der Waals surface area contributed by atoms with Crippen LogP contribution in [0.4, 0.5) is 0 Å². The number of nitrogens with zero attached hydrogens (tertiary/aromatic N) is 2. The topological polar surface area (TPSA) is 24.7 Å². The fourth-order valence-electron chi connectivity index (χ4n) is 2.62. The van der Waals surface area contributed by atoms with Gasteiger partial charge in [0.1, 0.15) is 10.1 Å². The molecule has 0 saturated carbocycles. The van der Waals surface area contributed by atoms with Crippen LogP contribution >= 0.6 is 35.0 Å². The molecule has 2 nitrogen and oxygen atoms in total. The lowest BCUT2D eigenvalue weighted by molar-refractivity contribution is 0.783. The standard InChI is InChI=1S/C21H14Cl2N2S/c22-17-10-6-15(7-11-17)20-24-19(14-4-2-1-3-5-14)25-21(26-20)16-8-12-18(23)13-9-16/h1-13,19H. The molecule has 0 fully saturated rings. The molecule has 0 N–H and O–H groups in total. The van der Waals surface area contributed by atoms with E-state index >= 15 is 0 Å². The third-order valence-electron chi connectivity index (χ3n) is 3.95. The van der Waals surface area contributed by atoms with Crippen molar-refractivity contribution >= 4 is 45.1 Å². The van der Waals surface area contributed by atoms with Crippen LogP contribution in [0.2, 0.25) is 10.0 Å². The molecule has 0 atom stereocenters. The molecule has 0 unspecified atom stereocenters. The number of benzene rings is 3. The summed E-state index contributed by atoms with van der Waals surface area (Å²) >= 11 is 13.6. The number of rotatable bonds is 3. The second-order valence-corrected chi connectivity index (χ2v) is 7.62. The lowest BCUT2D eigenvalue weighted by Crippen LogP contribution is -2.12. The summed E-state index contributed by atoms with van der Waals surface area (Å²) in [6.07, 6.45) is -0.270. The predicted octanol–water partition coefficient (Wildman–Crippen LogP) is 6.63. The van der Waals surface area contributed by atoms with E-state index in [-0.39, 0.29) is 6.17 Å². The van der Waals surface area contributed by atoms with E-state index in [1.54, 1.807) is 11.8 Å². The second kappa shape index (κ2) is 7.67. The van der Waals surface area contributed by atoms with Gasteiger partial charge in [0.25, 0.3) is 0 Å². The highest BCUT2D eigenvalue weighted by molar-refractivity contribution is 8.27. The van der Waals surface area contributed by atoms with Gasteiger partial charge < -0.3 is 0 Å². The van der Waals surface area contributed by atoms with E-state index in [4.69, 9.17) is 33.2 Å². The molecule has 0 spiro atoms. The smallest absolute Gasteiger partial charge is 0.167 e. The molecule has 0 aliphatic carbocycles. The molecular formula is C21H14Cl2N2S. The van der Waals surface area contributed by atoms with E-state index in [2.05, 4.69) is 0 Å². The summed E-state index contributed by atoms with van der Waals surface area (Å²) < 4.78 is 0. The largest absolute Gasteiger partial charge is 0.246 e. The third kappa shape index (κ3) is 3.85. The molecule has 0 aromatic heterocycles. The third-order valence-corrected chi connectivity index (χ3v) is 5.53. The number of hydrogen-bond acceptors (Lipinski definition) is 3. The van der Waals surface area contributed by atoms with E-state index in [0.29, 0.717) is 10.0 Å². The number of thioether (sulfide) groups is 1. The Kier molecular flexibility index (Phi) is 5.11. The van der Waals surface area contributed by atoms with Crippen LogP contribution in [-0.2, 0) is 0 Å². The Labute approximate surface area is 166 Å². The van der Waals surface area contributed by atoms with Crippen LogP contribution in [0.25, 0.3) is 0 Å². The van der Waals surface area contributed by atoms with Crippen molar-refractivity contribution in [1.82, 2.24) is 0 Å². The highest BCUT2D eigenvalue weighted by atomic mass is 35.5. The molecule has 3 aromatic rings. The van der Waals surface area contributed by atoms with Crippen LogP contribution in [-0.4, -0.2) is 10.1 Å². The van der Waals surface area contributed by atoms with Gasteiger partial charge >= 0.3 is 0 Å². The summed E-state index contributed by atoms with van der Waals surface area (Å²) in [6, 6.07) is 25.6. The van der Waals surface area contributed by atoms with Crippen LogP contribution in [0.15, 0.2) is 88.8 Å². The van der Waals surface area contributed by atoms with E-state index in [1.165, 1.54) is 0 Å². The molecule has 5 heteroatoms. The van der Waals surface area contributed by atoms with Gasteiger partial charge in [0.15, 0.2) is 6.17 Å². The first-order valence-electron chi connectivity index (χ1n) is 8.09. The molecule has 1 heterocycles. The highest BCUT2D eigenvalue weighted by Crippen LogP contribution is 2.33. The van der Waals surface area contributed by atoms with Gasteiger partial charge in [-0.15, -0.1) is 0 Å². The number of halogens is 2. The van der Waals surface area contributed by atoms with Crippen molar-refractivity contribution in [3.8, 4) is 0 Å². The molecule has 1 aliphatic heterocycles. The zero-order valence-electron chi connectivity index (χ0n) is 13.6. The zero-order chi connectivity index (χ0) is 17.9. The summed E-state index contributed by atoms with van der Waals surface area (Å²) in [5.41, 5.74) is 3.12. The first kappa shape index (κ1) is 17.3. The van der Waals surface area contributed by atoms with Gasteiger partial charge in [0.2, 0.25) is 0 Å². The van der Waals surface area contributed by atoms with Gasteiger partial charge in [0, 0.05) is 21.2 Å². The average molecular weight is 397 g/mol. The summed E-state index contributed by atoms with van der Waals surface area (Å²) in [7, 11) is 0. The first-order chi connectivity index (χ1) is 12.7. The molecule has 0 bridgehead atoms. The van der Waals surface area contributed by atoms with Gasteiger partial charge in [-0.2, -0.15) is 0 Å².